The van der Waals surface area contributed by atoms with Crippen molar-refractivity contribution in [2.24, 2.45) is 5.92 Å². The van der Waals surface area contributed by atoms with Gasteiger partial charge in [-0.25, -0.2) is 4.39 Å². The summed E-state index contributed by atoms with van der Waals surface area (Å²) in [7, 11) is 0. The zero-order valence-corrected chi connectivity index (χ0v) is 13.6. The Labute approximate surface area is 140 Å². The van der Waals surface area contributed by atoms with Crippen molar-refractivity contribution in [1.29, 1.82) is 0 Å². The number of hydrogen-bond acceptors (Lipinski definition) is 3. The Morgan fingerprint density at radius 3 is 2.75 bits per heavy atom. The van der Waals surface area contributed by atoms with Gasteiger partial charge >= 0.3 is 0 Å². The Bertz CT molecular complexity index is 680. The van der Waals surface area contributed by atoms with E-state index < -0.39 is 0 Å². The monoisotopic (exact) mass is 331 g/mol. The Morgan fingerprint density at radius 1 is 1.25 bits per heavy atom. The number of carbonyl (C=O) groups excluding carboxylic acids is 1. The highest BCUT2D eigenvalue weighted by Gasteiger charge is 2.26. The fourth-order valence-corrected chi connectivity index (χ4v) is 3.24. The number of rotatable bonds is 5. The molecule has 0 aliphatic carbocycles. The fraction of sp³-hybridized carbons (Fsp3) is 0.421. The van der Waals surface area contributed by atoms with E-state index in [2.05, 4.69) is 0 Å². The normalized spacial score (nSPS) is 17.9. The lowest BCUT2D eigenvalue weighted by molar-refractivity contribution is 0.0632. The van der Waals surface area contributed by atoms with E-state index in [0.717, 1.165) is 44.3 Å². The fourth-order valence-electron chi connectivity index (χ4n) is 3.24. The molecular weight excluding hydrogens is 309 g/mol. The molecule has 1 atom stereocenters. The van der Waals surface area contributed by atoms with E-state index in [1.54, 1.807) is 12.1 Å². The highest BCUT2D eigenvalue weighted by atomic mass is 19.1. The first-order valence-electron chi connectivity index (χ1n) is 8.39. The lowest BCUT2D eigenvalue weighted by Gasteiger charge is -2.32. The van der Waals surface area contributed by atoms with Crippen molar-refractivity contribution in [2.75, 3.05) is 13.1 Å². The average molecular weight is 331 g/mol. The van der Waals surface area contributed by atoms with Crippen molar-refractivity contribution >= 4 is 5.91 Å². The summed E-state index contributed by atoms with van der Waals surface area (Å²) >= 11 is 0. The second-order valence-corrected chi connectivity index (χ2v) is 6.35. The third-order valence-electron chi connectivity index (χ3n) is 4.59. The van der Waals surface area contributed by atoms with Gasteiger partial charge in [0, 0.05) is 13.1 Å². The molecule has 1 N–H and O–H groups in total. The molecule has 0 unspecified atom stereocenters. The number of nitrogens with zero attached hydrogens (tertiary/aromatic N) is 1. The van der Waals surface area contributed by atoms with Crippen LogP contribution in [0, 0.1) is 11.7 Å². The van der Waals surface area contributed by atoms with Gasteiger partial charge in [0.25, 0.3) is 5.91 Å². The molecule has 1 aliphatic rings. The molecule has 128 valence electrons. The van der Waals surface area contributed by atoms with Crippen LogP contribution in [0.25, 0.3) is 0 Å². The van der Waals surface area contributed by atoms with Crippen LogP contribution in [0.15, 0.2) is 40.8 Å². The molecule has 0 radical (unpaired) electrons. The summed E-state index contributed by atoms with van der Waals surface area (Å²) in [5.41, 5.74) is 1.12. The molecule has 2 heterocycles. The number of aryl methyl sites for hydroxylation is 1. The molecule has 0 spiro atoms. The SMILES string of the molecule is O=C(c1ccc(CO)o1)N1CCC[C@@H](CCc2ccc(F)cc2)C1. The first kappa shape index (κ1) is 16.7. The molecule has 0 bridgehead atoms. The van der Waals surface area contributed by atoms with E-state index in [1.807, 2.05) is 17.0 Å². The predicted octanol–water partition coefficient (Wildman–Crippen LogP) is 3.40. The Kier molecular flexibility index (Phi) is 5.30. The van der Waals surface area contributed by atoms with Crippen LogP contribution in [0.4, 0.5) is 4.39 Å². The summed E-state index contributed by atoms with van der Waals surface area (Å²) in [4.78, 5) is 14.3. The van der Waals surface area contributed by atoms with Crippen molar-refractivity contribution in [1.82, 2.24) is 4.90 Å². The second kappa shape index (κ2) is 7.62. The number of carbonyl (C=O) groups is 1. The molecule has 1 saturated heterocycles. The van der Waals surface area contributed by atoms with Crippen LogP contribution in [-0.2, 0) is 13.0 Å². The second-order valence-electron chi connectivity index (χ2n) is 6.35. The van der Waals surface area contributed by atoms with E-state index in [-0.39, 0.29) is 18.3 Å². The first-order valence-corrected chi connectivity index (χ1v) is 8.39. The highest BCUT2D eigenvalue weighted by Crippen LogP contribution is 2.23. The molecule has 1 amide bonds. The highest BCUT2D eigenvalue weighted by molar-refractivity contribution is 5.91. The molecule has 1 aromatic carbocycles. The zero-order chi connectivity index (χ0) is 16.9. The van der Waals surface area contributed by atoms with E-state index in [1.165, 1.54) is 12.1 Å². The Hall–Kier alpha value is -2.14. The van der Waals surface area contributed by atoms with Gasteiger partial charge in [-0.2, -0.15) is 0 Å². The molecule has 2 aromatic rings. The summed E-state index contributed by atoms with van der Waals surface area (Å²) in [6.45, 7) is 1.25. The number of furan rings is 1. The summed E-state index contributed by atoms with van der Waals surface area (Å²) in [6, 6.07) is 9.86. The molecule has 24 heavy (non-hydrogen) atoms. The van der Waals surface area contributed by atoms with Gasteiger partial charge in [-0.15, -0.1) is 0 Å². The predicted molar refractivity (Wildman–Crippen MR) is 88.0 cm³/mol. The van der Waals surface area contributed by atoms with Gasteiger partial charge in [0.2, 0.25) is 0 Å². The van der Waals surface area contributed by atoms with Gasteiger partial charge in [-0.05, 0) is 61.4 Å². The maximum atomic E-state index is 12.9. The number of aliphatic hydroxyl groups is 1. The topological polar surface area (TPSA) is 53.7 Å². The number of aliphatic hydroxyl groups excluding tert-OH is 1. The first-order chi connectivity index (χ1) is 11.7. The van der Waals surface area contributed by atoms with E-state index in [9.17, 15) is 9.18 Å². The smallest absolute Gasteiger partial charge is 0.289 e. The van der Waals surface area contributed by atoms with E-state index in [0.29, 0.717) is 17.4 Å². The van der Waals surface area contributed by atoms with Crippen LogP contribution in [-0.4, -0.2) is 29.0 Å². The molecule has 3 rings (SSSR count). The number of benzene rings is 1. The van der Waals surface area contributed by atoms with Crippen LogP contribution in [0.3, 0.4) is 0 Å². The van der Waals surface area contributed by atoms with Gasteiger partial charge in [-0.1, -0.05) is 12.1 Å². The Balaban J connectivity index is 1.55. The van der Waals surface area contributed by atoms with Gasteiger partial charge in [-0.3, -0.25) is 4.79 Å². The lowest BCUT2D eigenvalue weighted by atomic mass is 9.91. The summed E-state index contributed by atoms with van der Waals surface area (Å²) in [5.74, 6) is 0.816. The van der Waals surface area contributed by atoms with Gasteiger partial charge in [0.1, 0.15) is 18.2 Å². The van der Waals surface area contributed by atoms with Crippen molar-refractivity contribution in [3.63, 3.8) is 0 Å². The van der Waals surface area contributed by atoms with Gasteiger partial charge in [0.05, 0.1) is 0 Å². The van der Waals surface area contributed by atoms with Gasteiger partial charge in [0.15, 0.2) is 5.76 Å². The van der Waals surface area contributed by atoms with Crippen LogP contribution in [0.2, 0.25) is 0 Å². The van der Waals surface area contributed by atoms with Crippen molar-refractivity contribution in [3.8, 4) is 0 Å². The zero-order valence-electron chi connectivity index (χ0n) is 13.6. The third-order valence-corrected chi connectivity index (χ3v) is 4.59. The summed E-state index contributed by atoms with van der Waals surface area (Å²) in [6.07, 6.45) is 3.95. The number of hydrogen-bond donors (Lipinski definition) is 1. The summed E-state index contributed by atoms with van der Waals surface area (Å²) in [5, 5.41) is 9.04. The minimum Gasteiger partial charge on any atom is -0.453 e. The lowest BCUT2D eigenvalue weighted by Crippen LogP contribution is -2.39. The van der Waals surface area contributed by atoms with Crippen LogP contribution >= 0.6 is 0 Å². The largest absolute Gasteiger partial charge is 0.453 e. The number of amides is 1. The summed E-state index contributed by atoms with van der Waals surface area (Å²) < 4.78 is 18.3. The van der Waals surface area contributed by atoms with Crippen LogP contribution in [0.1, 0.15) is 41.1 Å². The van der Waals surface area contributed by atoms with Crippen molar-refractivity contribution in [2.45, 2.75) is 32.3 Å². The number of halogens is 1. The quantitative estimate of drug-likeness (QED) is 0.913. The van der Waals surface area contributed by atoms with Crippen molar-refractivity contribution in [3.05, 3.63) is 59.3 Å². The number of piperidine rings is 1. The molecular formula is C19H22FNO3. The number of likely N-dealkylation sites (tertiary alicyclic amines) is 1. The van der Waals surface area contributed by atoms with E-state index in [4.69, 9.17) is 9.52 Å². The minimum absolute atomic E-state index is 0.110. The molecule has 1 fully saturated rings. The third kappa shape index (κ3) is 4.03. The van der Waals surface area contributed by atoms with Gasteiger partial charge < -0.3 is 14.4 Å². The average Bonchev–Trinajstić information content (AvgIpc) is 3.10. The minimum atomic E-state index is -0.214. The standard InChI is InChI=1S/C19H22FNO3/c20-16-7-5-14(6-8-16)3-4-15-2-1-11-21(12-15)19(23)18-10-9-17(13-22)24-18/h5-10,15,22H,1-4,11-13H2/t15-/m0/s1. The molecule has 4 nitrogen and oxygen atoms in total. The van der Waals surface area contributed by atoms with Crippen LogP contribution in [0.5, 0.6) is 0 Å². The molecule has 5 heteroatoms. The van der Waals surface area contributed by atoms with Crippen molar-refractivity contribution < 1.29 is 18.7 Å². The van der Waals surface area contributed by atoms with Crippen LogP contribution < -0.4 is 0 Å². The Morgan fingerprint density at radius 2 is 2.04 bits per heavy atom. The molecule has 0 saturated carbocycles. The maximum absolute atomic E-state index is 12.9. The van der Waals surface area contributed by atoms with E-state index >= 15 is 0 Å². The maximum Gasteiger partial charge on any atom is 0.289 e. The molecule has 1 aromatic heterocycles. The molecule has 1 aliphatic heterocycles.